The first-order chi connectivity index (χ1) is 6.48. The van der Waals surface area contributed by atoms with Gasteiger partial charge < -0.3 is 0 Å². The molecule has 1 nitrogen and oxygen atoms in total. The van der Waals surface area contributed by atoms with Gasteiger partial charge in [0, 0.05) is 6.20 Å². The molecule has 0 radical (unpaired) electrons. The Labute approximate surface area is 87.5 Å². The van der Waals surface area contributed by atoms with Crippen LogP contribution in [0, 0.1) is 0 Å². The Morgan fingerprint density at radius 3 is 2.50 bits per heavy atom. The molecule has 0 aliphatic heterocycles. The number of aromatic nitrogens is 1. The van der Waals surface area contributed by atoms with E-state index in [1.165, 1.54) is 6.07 Å². The maximum Gasteiger partial charge on any atom is 0.418 e. The van der Waals surface area contributed by atoms with Crippen molar-refractivity contribution in [2.75, 3.05) is 0 Å². The van der Waals surface area contributed by atoms with Gasteiger partial charge >= 0.3 is 6.18 Å². The van der Waals surface area contributed by atoms with E-state index in [2.05, 4.69) is 20.9 Å². The van der Waals surface area contributed by atoms with E-state index >= 15 is 0 Å². The van der Waals surface area contributed by atoms with E-state index in [-0.39, 0.29) is 5.92 Å². The van der Waals surface area contributed by atoms with Crippen LogP contribution in [0.1, 0.15) is 29.9 Å². The van der Waals surface area contributed by atoms with Crippen molar-refractivity contribution in [2.24, 2.45) is 0 Å². The van der Waals surface area contributed by atoms with Gasteiger partial charge in [0.25, 0.3) is 0 Å². The minimum Gasteiger partial charge on any atom is -0.249 e. The van der Waals surface area contributed by atoms with Gasteiger partial charge in [-0.3, -0.25) is 0 Å². The molecule has 0 N–H and O–H groups in total. The van der Waals surface area contributed by atoms with Crippen LogP contribution in [0.25, 0.3) is 0 Å². The van der Waals surface area contributed by atoms with Crippen molar-refractivity contribution in [2.45, 2.75) is 24.9 Å². The van der Waals surface area contributed by atoms with Crippen LogP contribution in [-0.2, 0) is 6.18 Å². The van der Waals surface area contributed by atoms with Crippen LogP contribution in [0.2, 0.25) is 0 Å². The molecule has 0 saturated heterocycles. The molecule has 0 atom stereocenters. The minimum absolute atomic E-state index is 0.0749. The monoisotopic (exact) mass is 265 g/mol. The predicted molar refractivity (Wildman–Crippen MR) is 48.9 cm³/mol. The lowest BCUT2D eigenvalue weighted by Crippen LogP contribution is -2.09. The van der Waals surface area contributed by atoms with Crippen LogP contribution in [-0.4, -0.2) is 4.98 Å². The molecule has 1 saturated carbocycles. The Kier molecular flexibility index (Phi) is 2.29. The topological polar surface area (TPSA) is 12.9 Å². The van der Waals surface area contributed by atoms with Crippen LogP contribution >= 0.6 is 15.9 Å². The highest BCUT2D eigenvalue weighted by atomic mass is 79.9. The van der Waals surface area contributed by atoms with E-state index in [1.807, 2.05) is 0 Å². The van der Waals surface area contributed by atoms with E-state index < -0.39 is 11.7 Å². The predicted octanol–water partition coefficient (Wildman–Crippen LogP) is 3.74. The van der Waals surface area contributed by atoms with Gasteiger partial charge in [0.1, 0.15) is 4.60 Å². The molecule has 0 bridgehead atoms. The standard InChI is InChI=1S/C9H7BrF3N/c10-8-3-6(5-1-2-5)7(4-14-8)9(11,12)13/h3-5H,1-2H2. The molecule has 0 aromatic carbocycles. The molecule has 1 fully saturated rings. The quantitative estimate of drug-likeness (QED) is 0.705. The van der Waals surface area contributed by atoms with Gasteiger partial charge in [0.2, 0.25) is 0 Å². The number of nitrogens with zero attached hydrogens (tertiary/aromatic N) is 1. The van der Waals surface area contributed by atoms with Crippen LogP contribution in [0.15, 0.2) is 16.9 Å². The second kappa shape index (κ2) is 3.22. The molecule has 1 aromatic rings. The third-order valence-electron chi connectivity index (χ3n) is 2.23. The molecule has 0 spiro atoms. The Morgan fingerprint density at radius 1 is 1.36 bits per heavy atom. The molecule has 1 heterocycles. The SMILES string of the molecule is FC(F)(F)c1cnc(Br)cc1C1CC1. The summed E-state index contributed by atoms with van der Waals surface area (Å²) < 4.78 is 38.0. The summed E-state index contributed by atoms with van der Waals surface area (Å²) in [5, 5.41) is 0. The van der Waals surface area contributed by atoms with E-state index in [9.17, 15) is 13.2 Å². The molecule has 0 unspecified atom stereocenters. The maximum absolute atomic E-state index is 12.5. The van der Waals surface area contributed by atoms with Crippen molar-refractivity contribution in [1.29, 1.82) is 0 Å². The van der Waals surface area contributed by atoms with Gasteiger partial charge in [-0.05, 0) is 46.3 Å². The van der Waals surface area contributed by atoms with Crippen LogP contribution in [0.3, 0.4) is 0 Å². The lowest BCUT2D eigenvalue weighted by molar-refractivity contribution is -0.138. The van der Waals surface area contributed by atoms with Gasteiger partial charge in [-0.15, -0.1) is 0 Å². The Balaban J connectivity index is 2.47. The number of alkyl halides is 3. The number of pyridine rings is 1. The van der Waals surface area contributed by atoms with Crippen molar-refractivity contribution >= 4 is 15.9 Å². The van der Waals surface area contributed by atoms with Crippen LogP contribution < -0.4 is 0 Å². The van der Waals surface area contributed by atoms with E-state index in [0.29, 0.717) is 10.2 Å². The first kappa shape index (κ1) is 9.96. The van der Waals surface area contributed by atoms with Gasteiger partial charge in [-0.25, -0.2) is 4.98 Å². The number of hydrogen-bond donors (Lipinski definition) is 0. The minimum atomic E-state index is -4.29. The summed E-state index contributed by atoms with van der Waals surface area (Å²) in [6, 6.07) is 1.47. The zero-order chi connectivity index (χ0) is 10.3. The third kappa shape index (κ3) is 1.92. The molecule has 1 aliphatic rings. The fraction of sp³-hybridized carbons (Fsp3) is 0.444. The van der Waals surface area contributed by atoms with Crippen molar-refractivity contribution < 1.29 is 13.2 Å². The first-order valence-electron chi connectivity index (χ1n) is 4.21. The zero-order valence-electron chi connectivity index (χ0n) is 7.11. The summed E-state index contributed by atoms with van der Waals surface area (Å²) in [5.74, 6) is 0.0749. The van der Waals surface area contributed by atoms with Gasteiger partial charge in [0.05, 0.1) is 5.56 Å². The average molecular weight is 266 g/mol. The van der Waals surface area contributed by atoms with E-state index in [4.69, 9.17) is 0 Å². The van der Waals surface area contributed by atoms with Crippen molar-refractivity contribution in [3.8, 4) is 0 Å². The van der Waals surface area contributed by atoms with E-state index in [1.54, 1.807) is 0 Å². The Morgan fingerprint density at radius 2 is 2.00 bits per heavy atom. The summed E-state index contributed by atoms with van der Waals surface area (Å²) in [7, 11) is 0. The molecule has 1 aromatic heterocycles. The Hall–Kier alpha value is -0.580. The molecule has 0 amide bonds. The Bertz CT molecular complexity index is 358. The summed E-state index contributed by atoms with van der Waals surface area (Å²) in [4.78, 5) is 3.61. The number of halogens is 4. The second-order valence-electron chi connectivity index (χ2n) is 3.37. The lowest BCUT2D eigenvalue weighted by Gasteiger charge is -2.11. The third-order valence-corrected chi connectivity index (χ3v) is 2.66. The molecule has 2 rings (SSSR count). The summed E-state index contributed by atoms with van der Waals surface area (Å²) in [6.07, 6.45) is -1.69. The maximum atomic E-state index is 12.5. The lowest BCUT2D eigenvalue weighted by atomic mass is 10.1. The van der Waals surface area contributed by atoms with Crippen molar-refractivity contribution in [1.82, 2.24) is 4.98 Å². The van der Waals surface area contributed by atoms with Crippen LogP contribution in [0.5, 0.6) is 0 Å². The zero-order valence-corrected chi connectivity index (χ0v) is 8.69. The molecular weight excluding hydrogens is 259 g/mol. The average Bonchev–Trinajstić information content (AvgIpc) is 2.83. The smallest absolute Gasteiger partial charge is 0.249 e. The normalized spacial score (nSPS) is 17.1. The number of rotatable bonds is 1. The number of hydrogen-bond acceptors (Lipinski definition) is 1. The highest BCUT2D eigenvalue weighted by Crippen LogP contribution is 2.46. The fourth-order valence-electron chi connectivity index (χ4n) is 1.41. The largest absolute Gasteiger partial charge is 0.418 e. The molecule has 1 aliphatic carbocycles. The molecule has 5 heteroatoms. The molecular formula is C9H7BrF3N. The molecule has 76 valence electrons. The van der Waals surface area contributed by atoms with Crippen molar-refractivity contribution in [3.63, 3.8) is 0 Å². The second-order valence-corrected chi connectivity index (χ2v) is 4.18. The highest BCUT2D eigenvalue weighted by molar-refractivity contribution is 9.10. The summed E-state index contributed by atoms with van der Waals surface area (Å²) in [6.45, 7) is 0. The highest BCUT2D eigenvalue weighted by Gasteiger charge is 2.38. The van der Waals surface area contributed by atoms with Gasteiger partial charge in [-0.1, -0.05) is 0 Å². The summed E-state index contributed by atoms with van der Waals surface area (Å²) in [5.41, 5.74) is -0.220. The van der Waals surface area contributed by atoms with Crippen molar-refractivity contribution in [3.05, 3.63) is 28.0 Å². The molecule has 14 heavy (non-hydrogen) atoms. The summed E-state index contributed by atoms with van der Waals surface area (Å²) >= 11 is 3.08. The van der Waals surface area contributed by atoms with E-state index in [0.717, 1.165) is 19.0 Å². The first-order valence-corrected chi connectivity index (χ1v) is 5.00. The van der Waals surface area contributed by atoms with Gasteiger partial charge in [0.15, 0.2) is 0 Å². The van der Waals surface area contributed by atoms with Gasteiger partial charge in [-0.2, -0.15) is 13.2 Å². The van der Waals surface area contributed by atoms with Crippen LogP contribution in [0.4, 0.5) is 13.2 Å². The fourth-order valence-corrected chi connectivity index (χ4v) is 1.76.